The Kier molecular flexibility index (Phi) is 2.38. The van der Waals surface area contributed by atoms with Gasteiger partial charge in [0.2, 0.25) is 0 Å². The topological polar surface area (TPSA) is 85.2 Å². The van der Waals surface area contributed by atoms with Gasteiger partial charge in [0.05, 0.1) is 22.6 Å². The van der Waals surface area contributed by atoms with Gasteiger partial charge in [-0.05, 0) is 18.2 Å². The van der Waals surface area contributed by atoms with Crippen LogP contribution in [0.1, 0.15) is 5.56 Å². The molecule has 6 nitrogen and oxygen atoms in total. The van der Waals surface area contributed by atoms with Crippen molar-refractivity contribution in [3.63, 3.8) is 0 Å². The number of ether oxygens (including phenoxy) is 1. The molecule has 2 aromatic heterocycles. The van der Waals surface area contributed by atoms with E-state index < -0.39 is 5.63 Å². The third-order valence-electron chi connectivity index (χ3n) is 3.41. The van der Waals surface area contributed by atoms with Crippen molar-refractivity contribution in [2.45, 2.75) is 0 Å². The van der Waals surface area contributed by atoms with Gasteiger partial charge in [-0.15, -0.1) is 0 Å². The molecule has 0 radical (unpaired) electrons. The summed E-state index contributed by atoms with van der Waals surface area (Å²) in [7, 11) is 0. The predicted octanol–water partition coefficient (Wildman–Crippen LogP) is 2.23. The van der Waals surface area contributed by atoms with Crippen molar-refractivity contribution in [2.75, 3.05) is 6.61 Å². The summed E-state index contributed by atoms with van der Waals surface area (Å²) < 4.78 is 16.5. The largest absolute Gasteiger partial charge is 0.488 e. The molecule has 4 rings (SSSR count). The molecule has 6 heteroatoms. The molecular formula is C15H9NO5. The van der Waals surface area contributed by atoms with Gasteiger partial charge in [0.1, 0.15) is 17.7 Å². The van der Waals surface area contributed by atoms with E-state index >= 15 is 0 Å². The molecule has 0 unspecified atom stereocenters. The average molecular weight is 283 g/mol. The monoisotopic (exact) mass is 283 g/mol. The molecule has 0 bridgehead atoms. The number of benzene rings is 1. The van der Waals surface area contributed by atoms with Gasteiger partial charge < -0.3 is 18.8 Å². The highest BCUT2D eigenvalue weighted by Gasteiger charge is 2.20. The number of rotatable bonds is 0. The Balaban J connectivity index is 2.41. The van der Waals surface area contributed by atoms with E-state index in [1.165, 1.54) is 18.4 Å². The zero-order chi connectivity index (χ0) is 14.4. The van der Waals surface area contributed by atoms with Gasteiger partial charge in [-0.25, -0.2) is 4.79 Å². The second-order valence-corrected chi connectivity index (χ2v) is 4.56. The van der Waals surface area contributed by atoms with Gasteiger partial charge in [-0.3, -0.25) is 0 Å². The lowest BCUT2D eigenvalue weighted by atomic mass is 10.0. The van der Waals surface area contributed by atoms with Crippen molar-refractivity contribution in [3.8, 4) is 5.75 Å². The van der Waals surface area contributed by atoms with E-state index in [1.54, 1.807) is 6.07 Å². The zero-order valence-corrected chi connectivity index (χ0v) is 10.7. The van der Waals surface area contributed by atoms with Crippen LogP contribution in [-0.4, -0.2) is 11.8 Å². The molecule has 0 fully saturated rings. The van der Waals surface area contributed by atoms with Gasteiger partial charge >= 0.3 is 5.63 Å². The Bertz CT molecular complexity index is 1030. The first kappa shape index (κ1) is 11.8. The van der Waals surface area contributed by atoms with Gasteiger partial charge in [0.25, 0.3) is 0 Å². The third-order valence-corrected chi connectivity index (χ3v) is 3.41. The van der Waals surface area contributed by atoms with Crippen LogP contribution in [0.25, 0.3) is 28.0 Å². The van der Waals surface area contributed by atoms with Crippen LogP contribution in [0.3, 0.4) is 0 Å². The molecule has 0 saturated heterocycles. The van der Waals surface area contributed by atoms with E-state index in [9.17, 15) is 10.0 Å². The Morgan fingerprint density at radius 2 is 2.10 bits per heavy atom. The lowest BCUT2D eigenvalue weighted by Crippen LogP contribution is -2.08. The van der Waals surface area contributed by atoms with Crippen LogP contribution in [0.2, 0.25) is 0 Å². The van der Waals surface area contributed by atoms with Gasteiger partial charge in [0, 0.05) is 12.1 Å². The molecule has 0 amide bonds. The van der Waals surface area contributed by atoms with E-state index in [2.05, 4.69) is 5.16 Å². The molecule has 1 aliphatic heterocycles. The minimum absolute atomic E-state index is 0.261. The van der Waals surface area contributed by atoms with E-state index in [-0.39, 0.29) is 10.9 Å². The van der Waals surface area contributed by atoms with Crippen LogP contribution >= 0.6 is 0 Å². The Morgan fingerprint density at radius 3 is 2.95 bits per heavy atom. The van der Waals surface area contributed by atoms with Crippen LogP contribution in [0.5, 0.6) is 5.75 Å². The minimum Gasteiger partial charge on any atom is -0.488 e. The van der Waals surface area contributed by atoms with Crippen molar-refractivity contribution >= 4 is 28.0 Å². The minimum atomic E-state index is -0.497. The molecule has 21 heavy (non-hydrogen) atoms. The number of fused-ring (bicyclic) bond motifs is 6. The van der Waals surface area contributed by atoms with Crippen LogP contribution in [0, 0.1) is 0 Å². The zero-order valence-electron chi connectivity index (χ0n) is 10.7. The number of hydrogen-bond donors (Lipinski definition) is 1. The molecular weight excluding hydrogens is 274 g/mol. The summed E-state index contributed by atoms with van der Waals surface area (Å²) in [5.74, 6) is 0.586. The second-order valence-electron chi connectivity index (χ2n) is 4.56. The van der Waals surface area contributed by atoms with Crippen molar-refractivity contribution < 1.29 is 18.8 Å². The molecule has 3 heterocycles. The molecule has 0 spiro atoms. The lowest BCUT2D eigenvalue weighted by molar-refractivity contribution is 0.302. The van der Waals surface area contributed by atoms with Crippen LogP contribution in [0.4, 0.5) is 0 Å². The Morgan fingerprint density at radius 1 is 1.19 bits per heavy atom. The fourth-order valence-electron chi connectivity index (χ4n) is 2.56. The molecule has 104 valence electrons. The highest BCUT2D eigenvalue weighted by molar-refractivity contribution is 6.09. The third kappa shape index (κ3) is 1.59. The lowest BCUT2D eigenvalue weighted by Gasteiger charge is -2.16. The second kappa shape index (κ2) is 4.24. The maximum absolute atomic E-state index is 11.5. The Hall–Kier alpha value is -3.02. The van der Waals surface area contributed by atoms with E-state index in [0.717, 1.165) is 5.56 Å². The standard InChI is InChI=1S/C15H9NO5/c17-11-4-3-9-13-8(2-1-6-19-13)14-12(15(9)21-11)10(16-18)5-7-20-14/h1-5,7,18H,6H2. The maximum Gasteiger partial charge on any atom is 0.336 e. The van der Waals surface area contributed by atoms with E-state index in [0.29, 0.717) is 28.7 Å². The SMILES string of the molecule is O=c1ccc2c3c(c4occc(=NO)c4c2o1)C=CCO3. The van der Waals surface area contributed by atoms with Crippen LogP contribution in [-0.2, 0) is 0 Å². The first-order valence-corrected chi connectivity index (χ1v) is 6.28. The summed E-state index contributed by atoms with van der Waals surface area (Å²) in [5, 5.41) is 13.7. The summed E-state index contributed by atoms with van der Waals surface area (Å²) in [6.07, 6.45) is 5.13. The van der Waals surface area contributed by atoms with Crippen molar-refractivity contribution in [1.29, 1.82) is 0 Å². The van der Waals surface area contributed by atoms with Gasteiger partial charge in [-0.1, -0.05) is 5.16 Å². The number of hydrogen-bond acceptors (Lipinski definition) is 6. The summed E-state index contributed by atoms with van der Waals surface area (Å²) in [6, 6.07) is 4.45. The van der Waals surface area contributed by atoms with E-state index in [1.807, 2.05) is 12.2 Å². The van der Waals surface area contributed by atoms with Crippen molar-refractivity contribution in [3.05, 3.63) is 51.9 Å². The normalized spacial score (nSPS) is 14.4. The highest BCUT2D eigenvalue weighted by atomic mass is 16.5. The van der Waals surface area contributed by atoms with Crippen LogP contribution < -0.4 is 15.7 Å². The molecule has 0 atom stereocenters. The molecule has 0 saturated carbocycles. The summed E-state index contributed by atoms with van der Waals surface area (Å²) in [6.45, 7) is 0.427. The molecule has 3 aromatic rings. The average Bonchev–Trinajstić information content (AvgIpc) is 2.54. The smallest absolute Gasteiger partial charge is 0.336 e. The predicted molar refractivity (Wildman–Crippen MR) is 74.1 cm³/mol. The van der Waals surface area contributed by atoms with Gasteiger partial charge in [-0.2, -0.15) is 0 Å². The Labute approximate surface area is 117 Å². The molecule has 1 aliphatic rings. The summed E-state index contributed by atoms with van der Waals surface area (Å²) in [4.78, 5) is 11.5. The highest BCUT2D eigenvalue weighted by Crippen LogP contribution is 2.38. The first-order chi connectivity index (χ1) is 10.3. The quantitative estimate of drug-likeness (QED) is 0.296. The maximum atomic E-state index is 11.5. The number of nitrogens with zero attached hydrogens (tertiary/aromatic N) is 1. The molecule has 0 aliphatic carbocycles. The summed E-state index contributed by atoms with van der Waals surface area (Å²) in [5.41, 5.74) is 0.952. The van der Waals surface area contributed by atoms with Crippen molar-refractivity contribution in [1.82, 2.24) is 0 Å². The van der Waals surface area contributed by atoms with Gasteiger partial charge in [0.15, 0.2) is 11.2 Å². The van der Waals surface area contributed by atoms with Crippen LogP contribution in [0.15, 0.2) is 49.3 Å². The first-order valence-electron chi connectivity index (χ1n) is 6.28. The fraction of sp³-hybridized carbons (Fsp3) is 0.0667. The van der Waals surface area contributed by atoms with Crippen molar-refractivity contribution in [2.24, 2.45) is 5.16 Å². The fourth-order valence-corrected chi connectivity index (χ4v) is 2.56. The summed E-state index contributed by atoms with van der Waals surface area (Å²) >= 11 is 0. The molecule has 1 N–H and O–H groups in total. The molecule has 1 aromatic carbocycles. The van der Waals surface area contributed by atoms with E-state index in [4.69, 9.17) is 13.6 Å².